The van der Waals surface area contributed by atoms with Crippen molar-refractivity contribution < 1.29 is 14.6 Å². The number of rotatable bonds is 3. The van der Waals surface area contributed by atoms with Crippen molar-refractivity contribution in [1.29, 1.82) is 0 Å². The lowest BCUT2D eigenvalue weighted by molar-refractivity contribution is 0.0798. The summed E-state index contributed by atoms with van der Waals surface area (Å²) in [5.74, 6) is 0. The number of hydrogen-bond acceptors (Lipinski definition) is 3. The minimum absolute atomic E-state index is 0.0405. The molecule has 1 atom stereocenters. The molecule has 5 heteroatoms. The number of urea groups is 1. The third kappa shape index (κ3) is 3.93. The maximum atomic E-state index is 11.3. The molecule has 0 aliphatic carbocycles. The molecule has 2 amide bonds. The van der Waals surface area contributed by atoms with E-state index in [0.717, 1.165) is 12.8 Å². The molecule has 1 rings (SSSR count). The maximum Gasteiger partial charge on any atom is 0.315 e. The molecule has 0 aromatic carbocycles. The van der Waals surface area contributed by atoms with Gasteiger partial charge in [-0.25, -0.2) is 4.79 Å². The Morgan fingerprint density at radius 1 is 1.57 bits per heavy atom. The first-order valence-electron chi connectivity index (χ1n) is 4.98. The maximum absolute atomic E-state index is 11.3. The lowest BCUT2D eigenvalue weighted by Gasteiger charge is -2.24. The molecule has 14 heavy (non-hydrogen) atoms. The number of amides is 2. The lowest BCUT2D eigenvalue weighted by atomic mass is 10.1. The average molecular weight is 202 g/mol. The van der Waals surface area contributed by atoms with Crippen LogP contribution in [0, 0.1) is 0 Å². The minimum atomic E-state index is -0.210. The Kier molecular flexibility index (Phi) is 4.69. The van der Waals surface area contributed by atoms with E-state index in [1.165, 1.54) is 0 Å². The summed E-state index contributed by atoms with van der Waals surface area (Å²) in [5, 5.41) is 14.2. The van der Waals surface area contributed by atoms with Crippen molar-refractivity contribution in [2.45, 2.75) is 31.8 Å². The Bertz CT molecular complexity index is 181. The van der Waals surface area contributed by atoms with Gasteiger partial charge in [0.2, 0.25) is 0 Å². The second-order valence-electron chi connectivity index (χ2n) is 3.59. The summed E-state index contributed by atoms with van der Waals surface area (Å²) >= 11 is 0. The summed E-state index contributed by atoms with van der Waals surface area (Å²) in [6.07, 6.45) is 1.72. The Balaban J connectivity index is 2.18. The van der Waals surface area contributed by atoms with Gasteiger partial charge in [0.15, 0.2) is 0 Å². The van der Waals surface area contributed by atoms with Crippen molar-refractivity contribution in [3.63, 3.8) is 0 Å². The molecule has 1 unspecified atom stereocenters. The second kappa shape index (κ2) is 5.82. The van der Waals surface area contributed by atoms with E-state index in [-0.39, 0.29) is 24.7 Å². The summed E-state index contributed by atoms with van der Waals surface area (Å²) in [6.45, 7) is 3.13. The highest BCUT2D eigenvalue weighted by atomic mass is 16.5. The second-order valence-corrected chi connectivity index (χ2v) is 3.59. The molecule has 0 aromatic heterocycles. The van der Waals surface area contributed by atoms with Gasteiger partial charge in [-0.2, -0.15) is 0 Å². The third-order valence-electron chi connectivity index (χ3n) is 2.21. The first-order valence-corrected chi connectivity index (χ1v) is 4.98. The van der Waals surface area contributed by atoms with Crippen molar-refractivity contribution in [2.75, 3.05) is 19.8 Å². The van der Waals surface area contributed by atoms with Crippen LogP contribution in [0.4, 0.5) is 4.79 Å². The minimum Gasteiger partial charge on any atom is -0.394 e. The number of hydrogen-bond donors (Lipinski definition) is 3. The van der Waals surface area contributed by atoms with Crippen LogP contribution in [0.15, 0.2) is 0 Å². The zero-order chi connectivity index (χ0) is 10.4. The van der Waals surface area contributed by atoms with Crippen LogP contribution in [0.3, 0.4) is 0 Å². The molecule has 1 aliphatic heterocycles. The molecule has 0 radical (unpaired) electrons. The smallest absolute Gasteiger partial charge is 0.315 e. The molecule has 0 saturated carbocycles. The summed E-state index contributed by atoms with van der Waals surface area (Å²) in [6, 6.07) is -0.206. The van der Waals surface area contributed by atoms with E-state index in [0.29, 0.717) is 13.2 Å². The Morgan fingerprint density at radius 2 is 2.21 bits per heavy atom. The Labute approximate surface area is 83.8 Å². The van der Waals surface area contributed by atoms with Gasteiger partial charge >= 0.3 is 6.03 Å². The summed E-state index contributed by atoms with van der Waals surface area (Å²) in [7, 11) is 0. The zero-order valence-electron chi connectivity index (χ0n) is 8.45. The van der Waals surface area contributed by atoms with Gasteiger partial charge in [-0.3, -0.25) is 0 Å². The van der Waals surface area contributed by atoms with Crippen LogP contribution >= 0.6 is 0 Å². The van der Waals surface area contributed by atoms with Crippen LogP contribution < -0.4 is 10.6 Å². The molecule has 1 fully saturated rings. The summed E-state index contributed by atoms with van der Waals surface area (Å²) < 4.78 is 5.17. The zero-order valence-corrected chi connectivity index (χ0v) is 8.45. The van der Waals surface area contributed by atoms with Crippen LogP contribution in [-0.2, 0) is 4.74 Å². The lowest BCUT2D eigenvalue weighted by Crippen LogP contribution is -2.47. The van der Waals surface area contributed by atoms with Crippen molar-refractivity contribution >= 4 is 6.03 Å². The van der Waals surface area contributed by atoms with Crippen LogP contribution in [0.2, 0.25) is 0 Å². The highest BCUT2D eigenvalue weighted by molar-refractivity contribution is 5.74. The summed E-state index contributed by atoms with van der Waals surface area (Å²) in [5.41, 5.74) is 0. The largest absolute Gasteiger partial charge is 0.394 e. The normalized spacial score (nSPS) is 20.1. The monoisotopic (exact) mass is 202 g/mol. The fourth-order valence-corrected chi connectivity index (χ4v) is 1.34. The first-order chi connectivity index (χ1) is 6.72. The van der Waals surface area contributed by atoms with E-state index in [4.69, 9.17) is 9.84 Å². The van der Waals surface area contributed by atoms with Gasteiger partial charge in [-0.15, -0.1) is 0 Å². The predicted molar refractivity (Wildman–Crippen MR) is 52.1 cm³/mol. The molecular formula is C9H18N2O3. The molecule has 5 nitrogen and oxygen atoms in total. The van der Waals surface area contributed by atoms with E-state index < -0.39 is 0 Å². The van der Waals surface area contributed by atoms with Gasteiger partial charge in [0.05, 0.1) is 12.6 Å². The molecular weight excluding hydrogens is 184 g/mol. The van der Waals surface area contributed by atoms with Gasteiger partial charge in [0.1, 0.15) is 0 Å². The van der Waals surface area contributed by atoms with Crippen LogP contribution in [0.25, 0.3) is 0 Å². The highest BCUT2D eigenvalue weighted by Crippen LogP contribution is 2.05. The van der Waals surface area contributed by atoms with Gasteiger partial charge in [-0.1, -0.05) is 0 Å². The first kappa shape index (κ1) is 11.3. The van der Waals surface area contributed by atoms with Gasteiger partial charge < -0.3 is 20.5 Å². The van der Waals surface area contributed by atoms with E-state index in [1.807, 2.05) is 0 Å². The SMILES string of the molecule is CC(CO)NC(=O)NC1CCOCC1. The fraction of sp³-hybridized carbons (Fsp3) is 0.889. The number of aliphatic hydroxyl groups is 1. The van der Waals surface area contributed by atoms with Crippen molar-refractivity contribution in [2.24, 2.45) is 0 Å². The van der Waals surface area contributed by atoms with E-state index in [9.17, 15) is 4.79 Å². The van der Waals surface area contributed by atoms with Gasteiger partial charge in [0, 0.05) is 19.3 Å². The van der Waals surface area contributed by atoms with Crippen molar-refractivity contribution in [3.8, 4) is 0 Å². The van der Waals surface area contributed by atoms with E-state index in [2.05, 4.69) is 10.6 Å². The highest BCUT2D eigenvalue weighted by Gasteiger charge is 2.16. The standard InChI is InChI=1S/C9H18N2O3/c1-7(6-12)10-9(13)11-8-2-4-14-5-3-8/h7-8,12H,2-6H2,1H3,(H2,10,11,13). The molecule has 0 spiro atoms. The molecule has 82 valence electrons. The van der Waals surface area contributed by atoms with Gasteiger partial charge in [-0.05, 0) is 19.8 Å². The van der Waals surface area contributed by atoms with Crippen molar-refractivity contribution in [1.82, 2.24) is 10.6 Å². The molecule has 1 aliphatic rings. The van der Waals surface area contributed by atoms with Crippen LogP contribution in [-0.4, -0.2) is 43.0 Å². The number of ether oxygens (including phenoxy) is 1. The number of aliphatic hydroxyl groups excluding tert-OH is 1. The van der Waals surface area contributed by atoms with Crippen LogP contribution in [0.1, 0.15) is 19.8 Å². The molecule has 1 heterocycles. The molecule has 0 aromatic rings. The molecule has 1 saturated heterocycles. The topological polar surface area (TPSA) is 70.6 Å². The third-order valence-corrected chi connectivity index (χ3v) is 2.21. The molecule has 0 bridgehead atoms. The van der Waals surface area contributed by atoms with Crippen LogP contribution in [0.5, 0.6) is 0 Å². The summed E-state index contributed by atoms with van der Waals surface area (Å²) in [4.78, 5) is 11.3. The fourth-order valence-electron chi connectivity index (χ4n) is 1.34. The number of nitrogens with one attached hydrogen (secondary N) is 2. The Hall–Kier alpha value is -0.810. The number of carbonyl (C=O) groups is 1. The number of carbonyl (C=O) groups excluding carboxylic acids is 1. The average Bonchev–Trinajstić information content (AvgIpc) is 2.19. The van der Waals surface area contributed by atoms with Gasteiger partial charge in [0.25, 0.3) is 0 Å². The van der Waals surface area contributed by atoms with E-state index in [1.54, 1.807) is 6.92 Å². The van der Waals surface area contributed by atoms with Crippen molar-refractivity contribution in [3.05, 3.63) is 0 Å². The van der Waals surface area contributed by atoms with E-state index >= 15 is 0 Å². The predicted octanol–water partition coefficient (Wildman–Crippen LogP) is -0.155. The quantitative estimate of drug-likeness (QED) is 0.596. The molecule has 3 N–H and O–H groups in total. The Morgan fingerprint density at radius 3 is 2.79 bits per heavy atom.